The Morgan fingerprint density at radius 2 is 2.05 bits per heavy atom. The fourth-order valence-corrected chi connectivity index (χ4v) is 2.17. The second-order valence-corrected chi connectivity index (χ2v) is 4.73. The minimum Gasteiger partial charge on any atom is -0.508 e. The lowest BCUT2D eigenvalue weighted by atomic mass is 10.0. The molecule has 1 amide bonds. The van der Waals surface area contributed by atoms with E-state index in [1.165, 1.54) is 0 Å². The lowest BCUT2D eigenvalue weighted by Gasteiger charge is -2.10. The van der Waals surface area contributed by atoms with Crippen LogP contribution in [-0.4, -0.2) is 37.8 Å². The molecule has 0 unspecified atom stereocenters. The van der Waals surface area contributed by atoms with E-state index < -0.39 is 0 Å². The van der Waals surface area contributed by atoms with Crippen LogP contribution in [0.25, 0.3) is 10.8 Å². The SMILES string of the molecule is COCCNC(=O)CNCc1c(O)ccc2ccccc12. The average molecular weight is 288 g/mol. The first kappa shape index (κ1) is 15.3. The van der Waals surface area contributed by atoms with Crippen molar-refractivity contribution in [2.24, 2.45) is 0 Å². The number of rotatable bonds is 7. The molecule has 0 aliphatic heterocycles. The summed E-state index contributed by atoms with van der Waals surface area (Å²) in [5.74, 6) is 0.146. The van der Waals surface area contributed by atoms with Crippen LogP contribution in [0.3, 0.4) is 0 Å². The Morgan fingerprint density at radius 1 is 1.24 bits per heavy atom. The molecule has 5 heteroatoms. The van der Waals surface area contributed by atoms with Crippen molar-refractivity contribution in [3.63, 3.8) is 0 Å². The number of phenols is 1. The molecule has 2 aromatic rings. The van der Waals surface area contributed by atoms with Crippen LogP contribution in [-0.2, 0) is 16.1 Å². The Hall–Kier alpha value is -2.11. The number of carbonyl (C=O) groups is 1. The number of hydrogen-bond acceptors (Lipinski definition) is 4. The van der Waals surface area contributed by atoms with Crippen LogP contribution in [0.5, 0.6) is 5.75 Å². The minimum absolute atomic E-state index is 0.0909. The number of ether oxygens (including phenoxy) is 1. The molecular formula is C16H20N2O3. The number of carbonyl (C=O) groups excluding carboxylic acids is 1. The molecule has 3 N–H and O–H groups in total. The zero-order valence-electron chi connectivity index (χ0n) is 12.1. The van der Waals surface area contributed by atoms with E-state index in [1.807, 2.05) is 30.3 Å². The van der Waals surface area contributed by atoms with E-state index in [2.05, 4.69) is 10.6 Å². The van der Waals surface area contributed by atoms with Crippen LogP contribution in [0.15, 0.2) is 36.4 Å². The van der Waals surface area contributed by atoms with Gasteiger partial charge < -0.3 is 20.5 Å². The first-order chi connectivity index (χ1) is 10.2. The number of phenolic OH excluding ortho intramolecular Hbond substituents is 1. The molecule has 0 radical (unpaired) electrons. The van der Waals surface area contributed by atoms with Crippen molar-refractivity contribution in [2.75, 3.05) is 26.8 Å². The van der Waals surface area contributed by atoms with Crippen molar-refractivity contribution in [1.29, 1.82) is 0 Å². The van der Waals surface area contributed by atoms with Crippen LogP contribution in [0.2, 0.25) is 0 Å². The van der Waals surface area contributed by atoms with E-state index in [0.717, 1.165) is 16.3 Å². The molecule has 2 aromatic carbocycles. The summed E-state index contributed by atoms with van der Waals surface area (Å²) in [6, 6.07) is 11.4. The molecule has 2 rings (SSSR count). The molecule has 0 aliphatic rings. The van der Waals surface area contributed by atoms with Crippen LogP contribution < -0.4 is 10.6 Å². The van der Waals surface area contributed by atoms with Crippen molar-refractivity contribution in [2.45, 2.75) is 6.54 Å². The highest BCUT2D eigenvalue weighted by molar-refractivity contribution is 5.87. The van der Waals surface area contributed by atoms with E-state index in [-0.39, 0.29) is 18.2 Å². The van der Waals surface area contributed by atoms with Gasteiger partial charge in [-0.1, -0.05) is 30.3 Å². The number of hydrogen-bond donors (Lipinski definition) is 3. The third-order valence-electron chi connectivity index (χ3n) is 3.23. The van der Waals surface area contributed by atoms with Crippen LogP contribution in [0.1, 0.15) is 5.56 Å². The first-order valence-corrected chi connectivity index (χ1v) is 6.88. The van der Waals surface area contributed by atoms with Crippen molar-refractivity contribution in [1.82, 2.24) is 10.6 Å². The normalized spacial score (nSPS) is 10.7. The molecule has 21 heavy (non-hydrogen) atoms. The van der Waals surface area contributed by atoms with Crippen LogP contribution in [0.4, 0.5) is 0 Å². The summed E-state index contributed by atoms with van der Waals surface area (Å²) in [7, 11) is 1.59. The molecule has 0 spiro atoms. The maximum atomic E-state index is 11.6. The van der Waals surface area contributed by atoms with Crippen LogP contribution >= 0.6 is 0 Å². The second-order valence-electron chi connectivity index (χ2n) is 4.73. The van der Waals surface area contributed by atoms with Gasteiger partial charge >= 0.3 is 0 Å². The summed E-state index contributed by atoms with van der Waals surface area (Å²) in [4.78, 5) is 11.6. The van der Waals surface area contributed by atoms with Crippen molar-refractivity contribution < 1.29 is 14.6 Å². The van der Waals surface area contributed by atoms with Gasteiger partial charge in [-0.25, -0.2) is 0 Å². The molecule has 0 aromatic heterocycles. The molecule has 0 bridgehead atoms. The van der Waals surface area contributed by atoms with Gasteiger partial charge in [0, 0.05) is 25.8 Å². The Kier molecular flexibility index (Phi) is 5.54. The van der Waals surface area contributed by atoms with E-state index in [1.54, 1.807) is 13.2 Å². The third kappa shape index (κ3) is 4.18. The highest BCUT2D eigenvalue weighted by atomic mass is 16.5. The van der Waals surface area contributed by atoms with Gasteiger partial charge in [0.25, 0.3) is 0 Å². The molecular weight excluding hydrogens is 268 g/mol. The quantitative estimate of drug-likeness (QED) is 0.674. The maximum absolute atomic E-state index is 11.6. The lowest BCUT2D eigenvalue weighted by molar-refractivity contribution is -0.120. The smallest absolute Gasteiger partial charge is 0.234 e. The molecule has 0 saturated carbocycles. The Morgan fingerprint density at radius 3 is 2.86 bits per heavy atom. The molecule has 0 aliphatic carbocycles. The van der Waals surface area contributed by atoms with Gasteiger partial charge in [-0.3, -0.25) is 4.79 Å². The van der Waals surface area contributed by atoms with Crippen molar-refractivity contribution in [3.05, 3.63) is 42.0 Å². The number of methoxy groups -OCH3 is 1. The summed E-state index contributed by atoms with van der Waals surface area (Å²) in [5, 5.41) is 17.8. The molecule has 0 fully saturated rings. The van der Waals surface area contributed by atoms with E-state index in [4.69, 9.17) is 4.74 Å². The summed E-state index contributed by atoms with van der Waals surface area (Å²) in [6.45, 7) is 1.63. The Labute approximate surface area is 123 Å². The maximum Gasteiger partial charge on any atom is 0.234 e. The summed E-state index contributed by atoms with van der Waals surface area (Å²) >= 11 is 0. The minimum atomic E-state index is -0.0909. The lowest BCUT2D eigenvalue weighted by Crippen LogP contribution is -2.35. The third-order valence-corrected chi connectivity index (χ3v) is 3.23. The highest BCUT2D eigenvalue weighted by Crippen LogP contribution is 2.26. The Bertz CT molecular complexity index is 613. The van der Waals surface area contributed by atoms with Gasteiger partial charge in [0.05, 0.1) is 13.2 Å². The number of amides is 1. The fourth-order valence-electron chi connectivity index (χ4n) is 2.17. The molecule has 5 nitrogen and oxygen atoms in total. The molecule has 0 atom stereocenters. The predicted octanol–water partition coefficient (Wildman–Crippen LogP) is 1.40. The van der Waals surface area contributed by atoms with Gasteiger partial charge in [-0.15, -0.1) is 0 Å². The summed E-state index contributed by atoms with van der Waals surface area (Å²) in [5.41, 5.74) is 0.804. The predicted molar refractivity (Wildman–Crippen MR) is 82.2 cm³/mol. The van der Waals surface area contributed by atoms with E-state index in [0.29, 0.717) is 19.7 Å². The van der Waals surface area contributed by atoms with Crippen LogP contribution in [0, 0.1) is 0 Å². The second kappa shape index (κ2) is 7.61. The standard InChI is InChI=1S/C16H20N2O3/c1-21-9-8-18-16(20)11-17-10-14-13-5-3-2-4-12(13)6-7-15(14)19/h2-7,17,19H,8-11H2,1H3,(H,18,20). The van der Waals surface area contributed by atoms with Crippen molar-refractivity contribution >= 4 is 16.7 Å². The molecule has 0 heterocycles. The highest BCUT2D eigenvalue weighted by Gasteiger charge is 2.07. The topological polar surface area (TPSA) is 70.6 Å². The van der Waals surface area contributed by atoms with Gasteiger partial charge in [0.15, 0.2) is 0 Å². The monoisotopic (exact) mass is 288 g/mol. The fraction of sp³-hybridized carbons (Fsp3) is 0.312. The van der Waals surface area contributed by atoms with Gasteiger partial charge in [0.2, 0.25) is 5.91 Å². The van der Waals surface area contributed by atoms with Crippen molar-refractivity contribution in [3.8, 4) is 5.75 Å². The zero-order chi connectivity index (χ0) is 15.1. The number of aromatic hydroxyl groups is 1. The summed E-state index contributed by atoms with van der Waals surface area (Å²) in [6.07, 6.45) is 0. The number of benzene rings is 2. The molecule has 112 valence electrons. The average Bonchev–Trinajstić information content (AvgIpc) is 2.50. The number of fused-ring (bicyclic) bond motifs is 1. The summed E-state index contributed by atoms with van der Waals surface area (Å²) < 4.78 is 4.86. The van der Waals surface area contributed by atoms with Gasteiger partial charge in [0.1, 0.15) is 5.75 Å². The van der Waals surface area contributed by atoms with Gasteiger partial charge in [-0.05, 0) is 16.8 Å². The van der Waals surface area contributed by atoms with E-state index >= 15 is 0 Å². The first-order valence-electron chi connectivity index (χ1n) is 6.88. The van der Waals surface area contributed by atoms with E-state index in [9.17, 15) is 9.90 Å². The number of nitrogens with one attached hydrogen (secondary N) is 2. The van der Waals surface area contributed by atoms with Gasteiger partial charge in [-0.2, -0.15) is 0 Å². The molecule has 0 saturated heterocycles. The zero-order valence-corrected chi connectivity index (χ0v) is 12.1. The Balaban J connectivity index is 1.94. The largest absolute Gasteiger partial charge is 0.508 e.